The van der Waals surface area contributed by atoms with Gasteiger partial charge in [0.15, 0.2) is 5.96 Å². The number of benzene rings is 1. The number of nitrogens with zero attached hydrogens (tertiary/aromatic N) is 4. The Morgan fingerprint density at radius 1 is 1.32 bits per heavy atom. The molecule has 0 aliphatic rings. The summed E-state index contributed by atoms with van der Waals surface area (Å²) in [7, 11) is 2.03. The molecule has 6 nitrogen and oxygen atoms in total. The van der Waals surface area contributed by atoms with Crippen molar-refractivity contribution in [2.45, 2.75) is 26.8 Å². The van der Waals surface area contributed by atoms with Gasteiger partial charge in [-0.3, -0.25) is 9.67 Å². The summed E-state index contributed by atoms with van der Waals surface area (Å²) in [5.74, 6) is 1.81. The van der Waals surface area contributed by atoms with Gasteiger partial charge in [0.2, 0.25) is 0 Å². The van der Waals surface area contributed by atoms with E-state index in [9.17, 15) is 0 Å². The first kappa shape index (κ1) is 18.8. The summed E-state index contributed by atoms with van der Waals surface area (Å²) in [6.45, 7) is 8.04. The lowest BCUT2D eigenvalue weighted by molar-refractivity contribution is 0.281. The molecule has 25 heavy (non-hydrogen) atoms. The summed E-state index contributed by atoms with van der Waals surface area (Å²) in [5.41, 5.74) is 1.19. The summed E-state index contributed by atoms with van der Waals surface area (Å²) in [6, 6.07) is 9.88. The van der Waals surface area contributed by atoms with Crippen LogP contribution in [0.25, 0.3) is 0 Å². The van der Waals surface area contributed by atoms with Crippen LogP contribution in [0, 0.1) is 6.92 Å². The van der Waals surface area contributed by atoms with Crippen molar-refractivity contribution < 1.29 is 4.74 Å². The third-order valence-electron chi connectivity index (χ3n) is 3.70. The fourth-order valence-corrected chi connectivity index (χ4v) is 2.40. The maximum absolute atomic E-state index is 5.75. The van der Waals surface area contributed by atoms with E-state index in [1.54, 1.807) is 0 Å². The number of aromatic nitrogens is 2. The summed E-state index contributed by atoms with van der Waals surface area (Å²) in [6.07, 6.45) is 4.90. The van der Waals surface area contributed by atoms with E-state index >= 15 is 0 Å². The molecule has 2 aromatic rings. The van der Waals surface area contributed by atoms with Crippen molar-refractivity contribution in [3.8, 4) is 5.75 Å². The Morgan fingerprint density at radius 2 is 2.12 bits per heavy atom. The number of hydrogen-bond donors (Lipinski definition) is 1. The second-order valence-corrected chi connectivity index (χ2v) is 5.95. The van der Waals surface area contributed by atoms with E-state index in [1.807, 2.05) is 48.3 Å². The standard InChI is InChI=1S/C19H29N5O/c1-4-20-19(21-11-8-12-24-16-17(2)15-22-24)23(3)13-14-25-18-9-6-5-7-10-18/h5-7,9-10,15-16H,4,8,11-14H2,1-3H3,(H,20,21). The minimum absolute atomic E-state index is 0.623. The van der Waals surface area contributed by atoms with Crippen molar-refractivity contribution in [3.63, 3.8) is 0 Å². The van der Waals surface area contributed by atoms with Crippen LogP contribution >= 0.6 is 0 Å². The molecule has 0 aliphatic heterocycles. The Balaban J connectivity index is 1.74. The number of ether oxygens (including phenoxy) is 1. The average Bonchev–Trinajstić information content (AvgIpc) is 3.03. The van der Waals surface area contributed by atoms with Gasteiger partial charge in [-0.1, -0.05) is 18.2 Å². The maximum atomic E-state index is 5.75. The number of rotatable bonds is 9. The number of guanidine groups is 1. The molecule has 0 fully saturated rings. The Bertz CT molecular complexity index is 638. The van der Waals surface area contributed by atoms with Gasteiger partial charge >= 0.3 is 0 Å². The van der Waals surface area contributed by atoms with Crippen molar-refractivity contribution in [2.75, 3.05) is 33.3 Å². The Kier molecular flexibility index (Phi) is 7.82. The highest BCUT2D eigenvalue weighted by Gasteiger charge is 2.05. The number of aryl methyl sites for hydroxylation is 2. The van der Waals surface area contributed by atoms with Crippen molar-refractivity contribution in [1.82, 2.24) is 20.0 Å². The molecule has 0 bridgehead atoms. The highest BCUT2D eigenvalue weighted by atomic mass is 16.5. The summed E-state index contributed by atoms with van der Waals surface area (Å²) < 4.78 is 7.72. The molecule has 0 radical (unpaired) electrons. The number of nitrogens with one attached hydrogen (secondary N) is 1. The van der Waals surface area contributed by atoms with Crippen LogP contribution in [-0.4, -0.2) is 53.9 Å². The van der Waals surface area contributed by atoms with Crippen LogP contribution in [0.15, 0.2) is 47.7 Å². The largest absolute Gasteiger partial charge is 0.492 e. The molecular formula is C19H29N5O. The number of para-hydroxylation sites is 1. The van der Waals surface area contributed by atoms with Gasteiger partial charge in [-0.25, -0.2) is 0 Å². The smallest absolute Gasteiger partial charge is 0.193 e. The van der Waals surface area contributed by atoms with Crippen LogP contribution in [0.2, 0.25) is 0 Å². The predicted octanol–water partition coefficient (Wildman–Crippen LogP) is 2.56. The summed E-state index contributed by atoms with van der Waals surface area (Å²) in [4.78, 5) is 6.80. The minimum Gasteiger partial charge on any atom is -0.492 e. The van der Waals surface area contributed by atoms with Crippen molar-refractivity contribution in [1.29, 1.82) is 0 Å². The van der Waals surface area contributed by atoms with Crippen molar-refractivity contribution in [3.05, 3.63) is 48.3 Å². The molecule has 2 rings (SSSR count). The van der Waals surface area contributed by atoms with Crippen molar-refractivity contribution in [2.24, 2.45) is 4.99 Å². The van der Waals surface area contributed by atoms with Gasteiger partial charge in [-0.05, 0) is 38.0 Å². The fourth-order valence-electron chi connectivity index (χ4n) is 2.40. The Morgan fingerprint density at radius 3 is 2.80 bits per heavy atom. The van der Waals surface area contributed by atoms with Crippen LogP contribution in [0.1, 0.15) is 18.9 Å². The molecule has 0 atom stereocenters. The molecule has 0 saturated carbocycles. The van der Waals surface area contributed by atoms with Gasteiger partial charge in [0.05, 0.1) is 12.7 Å². The fraction of sp³-hybridized carbons (Fsp3) is 0.474. The van der Waals surface area contributed by atoms with Gasteiger partial charge in [-0.15, -0.1) is 0 Å². The third-order valence-corrected chi connectivity index (χ3v) is 3.70. The lowest BCUT2D eigenvalue weighted by Gasteiger charge is -2.22. The van der Waals surface area contributed by atoms with E-state index in [-0.39, 0.29) is 0 Å². The topological polar surface area (TPSA) is 54.7 Å². The molecule has 1 heterocycles. The zero-order valence-corrected chi connectivity index (χ0v) is 15.5. The molecule has 0 aliphatic carbocycles. The average molecular weight is 343 g/mol. The zero-order chi connectivity index (χ0) is 17.9. The number of hydrogen-bond acceptors (Lipinski definition) is 3. The molecule has 136 valence electrons. The predicted molar refractivity (Wildman–Crippen MR) is 102 cm³/mol. The van der Waals surface area contributed by atoms with Crippen LogP contribution in [-0.2, 0) is 6.54 Å². The van der Waals surface area contributed by atoms with Gasteiger partial charge < -0.3 is 15.0 Å². The van der Waals surface area contributed by atoms with Crippen LogP contribution in [0.4, 0.5) is 0 Å². The molecule has 1 N–H and O–H groups in total. The highest BCUT2D eigenvalue weighted by Crippen LogP contribution is 2.07. The Labute approximate surface area is 150 Å². The monoisotopic (exact) mass is 343 g/mol. The van der Waals surface area contributed by atoms with Gasteiger partial charge in [0.1, 0.15) is 12.4 Å². The molecule has 1 aromatic heterocycles. The second-order valence-electron chi connectivity index (χ2n) is 5.95. The first-order valence-electron chi connectivity index (χ1n) is 8.85. The minimum atomic E-state index is 0.623. The molecule has 0 saturated heterocycles. The molecule has 6 heteroatoms. The van der Waals surface area contributed by atoms with Crippen LogP contribution in [0.3, 0.4) is 0 Å². The van der Waals surface area contributed by atoms with Gasteiger partial charge in [-0.2, -0.15) is 5.10 Å². The number of likely N-dealkylation sites (N-methyl/N-ethyl adjacent to an activating group) is 1. The van der Waals surface area contributed by atoms with E-state index in [4.69, 9.17) is 9.73 Å². The highest BCUT2D eigenvalue weighted by molar-refractivity contribution is 5.79. The quantitative estimate of drug-likeness (QED) is 0.432. The van der Waals surface area contributed by atoms with Crippen LogP contribution < -0.4 is 10.1 Å². The SMILES string of the molecule is CCNC(=NCCCn1cc(C)cn1)N(C)CCOc1ccccc1. The zero-order valence-electron chi connectivity index (χ0n) is 15.5. The molecule has 0 unspecified atom stereocenters. The second kappa shape index (κ2) is 10.4. The van der Waals surface area contributed by atoms with Gasteiger partial charge in [0, 0.05) is 32.9 Å². The van der Waals surface area contributed by atoms with E-state index < -0.39 is 0 Å². The summed E-state index contributed by atoms with van der Waals surface area (Å²) in [5, 5.41) is 7.63. The van der Waals surface area contributed by atoms with E-state index in [0.29, 0.717) is 6.61 Å². The molecule has 0 amide bonds. The van der Waals surface area contributed by atoms with Crippen LogP contribution in [0.5, 0.6) is 5.75 Å². The first-order valence-corrected chi connectivity index (χ1v) is 8.85. The first-order chi connectivity index (χ1) is 12.2. The molecular weight excluding hydrogens is 314 g/mol. The maximum Gasteiger partial charge on any atom is 0.193 e. The van der Waals surface area contributed by atoms with E-state index in [0.717, 1.165) is 44.3 Å². The lowest BCUT2D eigenvalue weighted by atomic mass is 10.3. The van der Waals surface area contributed by atoms with E-state index in [1.165, 1.54) is 5.56 Å². The summed E-state index contributed by atoms with van der Waals surface area (Å²) >= 11 is 0. The van der Waals surface area contributed by atoms with Crippen molar-refractivity contribution >= 4 is 5.96 Å². The molecule has 1 aromatic carbocycles. The number of aliphatic imine (C=N–C) groups is 1. The Hall–Kier alpha value is -2.50. The van der Waals surface area contributed by atoms with Gasteiger partial charge in [0.25, 0.3) is 0 Å². The lowest BCUT2D eigenvalue weighted by Crippen LogP contribution is -2.41. The third kappa shape index (κ3) is 6.87. The molecule has 0 spiro atoms. The normalized spacial score (nSPS) is 11.4. The van der Waals surface area contributed by atoms with E-state index in [2.05, 4.69) is 35.4 Å².